The maximum atomic E-state index is 13.1. The maximum Gasteiger partial charge on any atom is 0.165 e. The first-order chi connectivity index (χ1) is 7.94. The van der Waals surface area contributed by atoms with Gasteiger partial charge in [-0.3, -0.25) is 0 Å². The molecule has 0 aliphatic rings. The zero-order valence-corrected chi connectivity index (χ0v) is 9.75. The molecule has 0 aliphatic heterocycles. The predicted octanol–water partition coefficient (Wildman–Crippen LogP) is 1.83. The summed E-state index contributed by atoms with van der Waals surface area (Å²) >= 11 is 0. The number of halogens is 2. The van der Waals surface area contributed by atoms with Crippen molar-refractivity contribution in [3.8, 4) is 5.75 Å². The number of benzene rings is 1. The van der Waals surface area contributed by atoms with E-state index >= 15 is 0 Å². The number of aliphatic hydroxyl groups excluding tert-OH is 1. The van der Waals surface area contributed by atoms with Crippen LogP contribution in [0.2, 0.25) is 0 Å². The highest BCUT2D eigenvalue weighted by atomic mass is 19.1. The number of hydrogen-bond donors (Lipinski definition) is 2. The van der Waals surface area contributed by atoms with Gasteiger partial charge in [0.25, 0.3) is 0 Å². The van der Waals surface area contributed by atoms with E-state index in [0.717, 1.165) is 18.2 Å². The Morgan fingerprint density at radius 3 is 2.76 bits per heavy atom. The molecule has 0 saturated heterocycles. The molecular weight excluding hydrogens is 228 g/mol. The molecule has 0 amide bonds. The zero-order chi connectivity index (χ0) is 12.9. The molecule has 0 aliphatic carbocycles. The molecule has 1 unspecified atom stereocenters. The fraction of sp³-hybridized carbons (Fsp3) is 0.500. The van der Waals surface area contributed by atoms with Crippen LogP contribution < -0.4 is 10.5 Å². The molecule has 1 aromatic carbocycles. The lowest BCUT2D eigenvalue weighted by Crippen LogP contribution is -2.40. The fourth-order valence-electron chi connectivity index (χ4n) is 1.32. The van der Waals surface area contributed by atoms with Crippen molar-refractivity contribution in [3.05, 3.63) is 29.8 Å². The van der Waals surface area contributed by atoms with E-state index in [0.29, 0.717) is 12.8 Å². The number of ether oxygens (including phenoxy) is 1. The van der Waals surface area contributed by atoms with Crippen LogP contribution in [-0.2, 0) is 0 Å². The van der Waals surface area contributed by atoms with Crippen molar-refractivity contribution in [3.63, 3.8) is 0 Å². The Hall–Kier alpha value is -1.20. The lowest BCUT2D eigenvalue weighted by Gasteiger charge is -2.21. The van der Waals surface area contributed by atoms with Crippen molar-refractivity contribution in [1.82, 2.24) is 0 Å². The lowest BCUT2D eigenvalue weighted by atomic mass is 9.99. The van der Waals surface area contributed by atoms with Gasteiger partial charge >= 0.3 is 0 Å². The summed E-state index contributed by atoms with van der Waals surface area (Å²) in [5.41, 5.74) is 5.05. The highest BCUT2D eigenvalue weighted by molar-refractivity contribution is 5.24. The largest absolute Gasteiger partial charge is 0.490 e. The summed E-state index contributed by atoms with van der Waals surface area (Å²) in [6.07, 6.45) is 1.10. The lowest BCUT2D eigenvalue weighted by molar-refractivity contribution is 0.187. The summed E-state index contributed by atoms with van der Waals surface area (Å²) in [5, 5.41) is 8.92. The summed E-state index contributed by atoms with van der Waals surface area (Å²) in [6.45, 7) is 1.82. The SMILES string of the molecule is CC(N)(CO)CCCOc1cc(F)ccc1F. The van der Waals surface area contributed by atoms with Crippen LogP contribution in [0.1, 0.15) is 19.8 Å². The van der Waals surface area contributed by atoms with Crippen molar-refractivity contribution in [2.75, 3.05) is 13.2 Å². The zero-order valence-electron chi connectivity index (χ0n) is 9.75. The first-order valence-electron chi connectivity index (χ1n) is 5.42. The Morgan fingerprint density at radius 1 is 1.41 bits per heavy atom. The van der Waals surface area contributed by atoms with Gasteiger partial charge in [0.1, 0.15) is 5.82 Å². The molecule has 5 heteroatoms. The molecule has 0 fully saturated rings. The topological polar surface area (TPSA) is 55.5 Å². The summed E-state index contributed by atoms with van der Waals surface area (Å²) in [4.78, 5) is 0. The van der Waals surface area contributed by atoms with Crippen molar-refractivity contribution in [1.29, 1.82) is 0 Å². The van der Waals surface area contributed by atoms with Crippen LogP contribution in [0.5, 0.6) is 5.75 Å². The minimum absolute atomic E-state index is 0.104. The van der Waals surface area contributed by atoms with Crippen LogP contribution in [0.15, 0.2) is 18.2 Å². The van der Waals surface area contributed by atoms with Gasteiger partial charge in [0.05, 0.1) is 13.2 Å². The molecule has 0 bridgehead atoms. The van der Waals surface area contributed by atoms with Gasteiger partial charge < -0.3 is 15.6 Å². The van der Waals surface area contributed by atoms with E-state index in [2.05, 4.69) is 0 Å². The molecule has 3 N–H and O–H groups in total. The third-order valence-electron chi connectivity index (χ3n) is 2.40. The Labute approximate surface area is 99.2 Å². The van der Waals surface area contributed by atoms with Gasteiger partial charge in [0.15, 0.2) is 11.6 Å². The average Bonchev–Trinajstić information content (AvgIpc) is 2.29. The van der Waals surface area contributed by atoms with E-state index < -0.39 is 17.2 Å². The quantitative estimate of drug-likeness (QED) is 0.752. The standard InChI is InChI=1S/C12H17F2NO2/c1-12(15,8-16)5-2-6-17-11-7-9(13)3-4-10(11)14/h3-4,7,16H,2,5-6,8,15H2,1H3. The van der Waals surface area contributed by atoms with Gasteiger partial charge in [-0.2, -0.15) is 0 Å². The molecule has 0 aromatic heterocycles. The summed E-state index contributed by atoms with van der Waals surface area (Å²) < 4.78 is 31.0. The molecular formula is C12H17F2NO2. The maximum absolute atomic E-state index is 13.1. The third kappa shape index (κ3) is 4.66. The molecule has 96 valence electrons. The van der Waals surface area contributed by atoms with Crippen molar-refractivity contribution >= 4 is 0 Å². The van der Waals surface area contributed by atoms with Crippen LogP contribution in [-0.4, -0.2) is 23.9 Å². The molecule has 1 aromatic rings. The Balaban J connectivity index is 2.38. The molecule has 1 rings (SSSR count). The van der Waals surface area contributed by atoms with E-state index in [9.17, 15) is 8.78 Å². The fourth-order valence-corrected chi connectivity index (χ4v) is 1.32. The second-order valence-corrected chi connectivity index (χ2v) is 4.34. The first kappa shape index (κ1) is 13.9. The summed E-state index contributed by atoms with van der Waals surface area (Å²) in [5.74, 6) is -1.24. The van der Waals surface area contributed by atoms with Crippen molar-refractivity contribution in [2.45, 2.75) is 25.3 Å². The van der Waals surface area contributed by atoms with E-state index in [-0.39, 0.29) is 19.0 Å². The van der Waals surface area contributed by atoms with E-state index in [1.807, 2.05) is 0 Å². The molecule has 0 saturated carbocycles. The highest BCUT2D eigenvalue weighted by Crippen LogP contribution is 2.18. The summed E-state index contributed by atoms with van der Waals surface area (Å²) in [6, 6.07) is 3.05. The van der Waals surface area contributed by atoms with Crippen molar-refractivity contribution in [2.24, 2.45) is 5.73 Å². The molecule has 1 atom stereocenters. The minimum Gasteiger partial charge on any atom is -0.490 e. The Kier molecular flexibility index (Phi) is 4.84. The molecule has 0 spiro atoms. The van der Waals surface area contributed by atoms with Gasteiger partial charge in [-0.05, 0) is 31.9 Å². The molecule has 0 heterocycles. The Morgan fingerprint density at radius 2 is 2.12 bits per heavy atom. The third-order valence-corrected chi connectivity index (χ3v) is 2.40. The first-order valence-corrected chi connectivity index (χ1v) is 5.42. The van der Waals surface area contributed by atoms with Gasteiger partial charge in [-0.15, -0.1) is 0 Å². The van der Waals surface area contributed by atoms with Gasteiger partial charge in [-0.25, -0.2) is 8.78 Å². The van der Waals surface area contributed by atoms with Gasteiger partial charge in [0, 0.05) is 11.6 Å². The normalized spacial score (nSPS) is 14.4. The van der Waals surface area contributed by atoms with E-state index in [1.165, 1.54) is 0 Å². The average molecular weight is 245 g/mol. The van der Waals surface area contributed by atoms with Gasteiger partial charge in [0.2, 0.25) is 0 Å². The van der Waals surface area contributed by atoms with Crippen LogP contribution in [0.3, 0.4) is 0 Å². The number of nitrogens with two attached hydrogens (primary N) is 1. The highest BCUT2D eigenvalue weighted by Gasteiger charge is 2.16. The second-order valence-electron chi connectivity index (χ2n) is 4.34. The second kappa shape index (κ2) is 5.93. The smallest absolute Gasteiger partial charge is 0.165 e. The van der Waals surface area contributed by atoms with Crippen LogP contribution in [0.25, 0.3) is 0 Å². The van der Waals surface area contributed by atoms with Crippen LogP contribution in [0.4, 0.5) is 8.78 Å². The number of hydrogen-bond acceptors (Lipinski definition) is 3. The van der Waals surface area contributed by atoms with Gasteiger partial charge in [-0.1, -0.05) is 0 Å². The van der Waals surface area contributed by atoms with Crippen molar-refractivity contribution < 1.29 is 18.6 Å². The van der Waals surface area contributed by atoms with E-state index in [4.69, 9.17) is 15.6 Å². The molecule has 0 radical (unpaired) electrons. The minimum atomic E-state index is -0.663. The Bertz CT molecular complexity index is 370. The number of aliphatic hydroxyl groups is 1. The monoisotopic (exact) mass is 245 g/mol. The van der Waals surface area contributed by atoms with Crippen LogP contribution >= 0.6 is 0 Å². The number of rotatable bonds is 6. The summed E-state index contributed by atoms with van der Waals surface area (Å²) in [7, 11) is 0. The molecule has 17 heavy (non-hydrogen) atoms. The molecule has 3 nitrogen and oxygen atoms in total. The predicted molar refractivity (Wildman–Crippen MR) is 60.8 cm³/mol. The van der Waals surface area contributed by atoms with Crippen LogP contribution in [0, 0.1) is 11.6 Å². The van der Waals surface area contributed by atoms with E-state index in [1.54, 1.807) is 6.92 Å².